The van der Waals surface area contributed by atoms with Crippen molar-refractivity contribution in [1.29, 1.82) is 0 Å². The van der Waals surface area contributed by atoms with Gasteiger partial charge in [0.2, 0.25) is 0 Å². The van der Waals surface area contributed by atoms with Gasteiger partial charge >= 0.3 is 0 Å². The average Bonchev–Trinajstić information content (AvgIpc) is 2.94. The molecule has 2 rings (SSSR count). The van der Waals surface area contributed by atoms with Crippen LogP contribution in [0.4, 0.5) is 0 Å². The van der Waals surface area contributed by atoms with Crippen molar-refractivity contribution < 1.29 is 0 Å². The number of hydrogen-bond acceptors (Lipinski definition) is 1. The van der Waals surface area contributed by atoms with Crippen molar-refractivity contribution in [3.63, 3.8) is 0 Å². The Balaban J connectivity index is 2.39. The molecule has 0 unspecified atom stereocenters. The maximum Gasteiger partial charge on any atom is 0.0466 e. The van der Waals surface area contributed by atoms with Gasteiger partial charge in [-0.3, -0.25) is 0 Å². The molecule has 0 amide bonds. The summed E-state index contributed by atoms with van der Waals surface area (Å²) in [6.45, 7) is 6.50. The molecule has 0 saturated heterocycles. The van der Waals surface area contributed by atoms with E-state index >= 15 is 0 Å². The van der Waals surface area contributed by atoms with E-state index in [2.05, 4.69) is 42.7 Å². The molecule has 82 valence electrons. The van der Waals surface area contributed by atoms with Gasteiger partial charge in [-0.15, -0.1) is 0 Å². The highest BCUT2D eigenvalue weighted by molar-refractivity contribution is 7.80. The van der Waals surface area contributed by atoms with Crippen molar-refractivity contribution in [1.82, 2.24) is 0 Å². The Labute approximate surface area is 96.6 Å². The number of hydrogen-bond donors (Lipinski definition) is 0. The molecular weight excluding hydrogens is 217 g/mol. The van der Waals surface area contributed by atoms with E-state index in [4.69, 9.17) is 5.53 Å². The van der Waals surface area contributed by atoms with Gasteiger partial charge in [0.15, 0.2) is 0 Å². The van der Waals surface area contributed by atoms with Gasteiger partial charge in [-0.1, -0.05) is 56.0 Å². The Bertz CT molecular complexity index is 479. The summed E-state index contributed by atoms with van der Waals surface area (Å²) in [4.78, 5) is 6.86. The fraction of sp³-hybridized carbons (Fsp3) is 0.333. The average molecular weight is 231 g/mol. The van der Waals surface area contributed by atoms with E-state index < -0.39 is 8.07 Å². The summed E-state index contributed by atoms with van der Waals surface area (Å²) >= 11 is 0. The summed E-state index contributed by atoms with van der Waals surface area (Å²) in [7, 11) is -0.700. The van der Waals surface area contributed by atoms with E-state index in [9.17, 15) is 0 Å². The molecule has 1 aliphatic rings. The molecule has 4 heteroatoms. The van der Waals surface area contributed by atoms with Crippen molar-refractivity contribution in [2.75, 3.05) is 0 Å². The van der Waals surface area contributed by atoms with Crippen LogP contribution in [-0.4, -0.2) is 0 Å². The van der Waals surface area contributed by atoms with Crippen molar-refractivity contribution in [3.8, 4) is 0 Å². The number of azide groups is 1. The first-order chi connectivity index (χ1) is 7.55. The first-order valence-corrected chi connectivity index (χ1v) is 6.50. The molecule has 0 radical (unpaired) electrons. The van der Waals surface area contributed by atoms with E-state index in [-0.39, 0.29) is 5.41 Å². The maximum absolute atomic E-state index is 8.57. The lowest BCUT2D eigenvalue weighted by Gasteiger charge is -2.13. The lowest BCUT2D eigenvalue weighted by molar-refractivity contribution is 0.539. The molecule has 1 aromatic carbocycles. The number of allylic oxidation sites excluding steroid dienone is 1. The van der Waals surface area contributed by atoms with Crippen LogP contribution in [0, 0.1) is 5.41 Å². The fourth-order valence-electron chi connectivity index (χ4n) is 1.81. The van der Waals surface area contributed by atoms with E-state index in [1.807, 2.05) is 18.2 Å². The Morgan fingerprint density at radius 3 is 2.31 bits per heavy atom. The first kappa shape index (κ1) is 11.2. The molecule has 0 spiro atoms. The molecule has 0 bridgehead atoms. The lowest BCUT2D eigenvalue weighted by atomic mass is 9.95. The van der Waals surface area contributed by atoms with Gasteiger partial charge < -0.3 is 0 Å². The van der Waals surface area contributed by atoms with Gasteiger partial charge in [-0.25, -0.2) is 0 Å². The quantitative estimate of drug-likeness (QED) is 0.293. The third-order valence-corrected chi connectivity index (χ3v) is 4.74. The SMILES string of the molecule is CC(C)(C)C1=C(c2ccccc2)[P@@]1N=[N+]=[N-]. The molecule has 1 atom stereocenters. The molecule has 3 nitrogen and oxygen atoms in total. The third-order valence-electron chi connectivity index (χ3n) is 2.48. The molecule has 0 aliphatic carbocycles. The molecule has 1 heterocycles. The summed E-state index contributed by atoms with van der Waals surface area (Å²) < 4.78 is 0. The zero-order valence-electron chi connectivity index (χ0n) is 9.68. The Kier molecular flexibility index (Phi) is 2.75. The second-order valence-electron chi connectivity index (χ2n) is 4.80. The van der Waals surface area contributed by atoms with Gasteiger partial charge in [0.25, 0.3) is 0 Å². The number of benzene rings is 1. The standard InChI is InChI=1S/C12H14N3P/c1-12(2,3)11-10(16(11)15-14-13)9-7-5-4-6-8-9/h4-8H,1-3H3/t16-/m1/s1. The summed E-state index contributed by atoms with van der Waals surface area (Å²) in [6.07, 6.45) is 0. The molecule has 0 fully saturated rings. The highest BCUT2D eigenvalue weighted by atomic mass is 31.1. The molecule has 1 aromatic rings. The molecule has 1 aliphatic heterocycles. The normalized spacial score (nSPS) is 19.3. The summed E-state index contributed by atoms with van der Waals surface area (Å²) in [5.41, 5.74) is 9.87. The number of rotatable bonds is 2. The lowest BCUT2D eigenvalue weighted by Crippen LogP contribution is -2.00. The van der Waals surface area contributed by atoms with Crippen LogP contribution >= 0.6 is 8.07 Å². The summed E-state index contributed by atoms with van der Waals surface area (Å²) in [5.74, 6) is 0. The van der Waals surface area contributed by atoms with Crippen LogP contribution in [0.5, 0.6) is 0 Å². The van der Waals surface area contributed by atoms with Crippen molar-refractivity contribution >= 4 is 13.4 Å². The maximum atomic E-state index is 8.57. The highest BCUT2D eigenvalue weighted by Crippen LogP contribution is 2.79. The molecule has 0 N–H and O–H groups in total. The van der Waals surface area contributed by atoms with Crippen LogP contribution in [-0.2, 0) is 0 Å². The Hall–Kier alpha value is -1.30. The molecule has 16 heavy (non-hydrogen) atoms. The van der Waals surface area contributed by atoms with Gasteiger partial charge in [-0.05, 0) is 27.1 Å². The van der Waals surface area contributed by atoms with E-state index in [1.54, 1.807) is 0 Å². The largest absolute Gasteiger partial charge is 0.0632 e. The van der Waals surface area contributed by atoms with Gasteiger partial charge in [0.05, 0.1) is 0 Å². The van der Waals surface area contributed by atoms with Crippen LogP contribution in [0.1, 0.15) is 26.3 Å². The molecular formula is C12H14N3P. The van der Waals surface area contributed by atoms with Gasteiger partial charge in [-0.2, -0.15) is 0 Å². The van der Waals surface area contributed by atoms with Crippen molar-refractivity contribution in [2.24, 2.45) is 10.3 Å². The van der Waals surface area contributed by atoms with Crippen LogP contribution in [0.3, 0.4) is 0 Å². The first-order valence-electron chi connectivity index (χ1n) is 5.21. The fourth-order valence-corrected chi connectivity index (χ4v) is 4.01. The van der Waals surface area contributed by atoms with Crippen molar-refractivity contribution in [2.45, 2.75) is 20.8 Å². The van der Waals surface area contributed by atoms with E-state index in [1.165, 1.54) is 16.2 Å². The van der Waals surface area contributed by atoms with Gasteiger partial charge in [0, 0.05) is 13.0 Å². The predicted molar refractivity (Wildman–Crippen MR) is 68.9 cm³/mol. The minimum atomic E-state index is -0.700. The monoisotopic (exact) mass is 231 g/mol. The van der Waals surface area contributed by atoms with Crippen LogP contribution in [0.25, 0.3) is 15.8 Å². The van der Waals surface area contributed by atoms with E-state index in [0.717, 1.165) is 0 Å². The summed E-state index contributed by atoms with van der Waals surface area (Å²) in [6, 6.07) is 10.2. The number of nitrogens with zero attached hydrogens (tertiary/aromatic N) is 3. The second kappa shape index (κ2) is 3.93. The van der Waals surface area contributed by atoms with E-state index in [0.29, 0.717) is 0 Å². The van der Waals surface area contributed by atoms with Crippen LogP contribution in [0.15, 0.2) is 40.5 Å². The molecule has 0 saturated carbocycles. The van der Waals surface area contributed by atoms with Crippen LogP contribution < -0.4 is 0 Å². The van der Waals surface area contributed by atoms with Gasteiger partial charge in [0.1, 0.15) is 0 Å². The smallest absolute Gasteiger partial charge is 0.0466 e. The zero-order valence-corrected chi connectivity index (χ0v) is 10.6. The highest BCUT2D eigenvalue weighted by Gasteiger charge is 2.43. The molecule has 0 aromatic heterocycles. The topological polar surface area (TPSA) is 48.8 Å². The minimum absolute atomic E-state index is 0.102. The minimum Gasteiger partial charge on any atom is -0.0632 e. The Morgan fingerprint density at radius 2 is 1.81 bits per heavy atom. The zero-order chi connectivity index (χ0) is 11.8. The second-order valence-corrected chi connectivity index (χ2v) is 6.50. The predicted octanol–water partition coefficient (Wildman–Crippen LogP) is 5.12. The van der Waals surface area contributed by atoms with Crippen LogP contribution in [0.2, 0.25) is 0 Å². The third kappa shape index (κ3) is 1.97. The summed E-state index contributed by atoms with van der Waals surface area (Å²) in [5, 5.41) is 2.59. The van der Waals surface area contributed by atoms with Crippen molar-refractivity contribution in [3.05, 3.63) is 51.7 Å². The Morgan fingerprint density at radius 1 is 1.19 bits per heavy atom.